The van der Waals surface area contributed by atoms with Crippen molar-refractivity contribution in [2.75, 3.05) is 13.2 Å². The average Bonchev–Trinajstić information content (AvgIpc) is 3.07. The summed E-state index contributed by atoms with van der Waals surface area (Å²) < 4.78 is 10.6. The predicted octanol–water partition coefficient (Wildman–Crippen LogP) is 2.37. The van der Waals surface area contributed by atoms with Crippen LogP contribution in [0.1, 0.15) is 28.7 Å². The second-order valence-electron chi connectivity index (χ2n) is 5.15. The van der Waals surface area contributed by atoms with Gasteiger partial charge in [0.1, 0.15) is 23.1 Å². The number of ether oxygens (including phenoxy) is 2. The first-order chi connectivity index (χ1) is 12.2. The lowest BCUT2D eigenvalue weighted by molar-refractivity contribution is 0.0519. The first-order valence-corrected chi connectivity index (χ1v) is 7.76. The van der Waals surface area contributed by atoms with Crippen LogP contribution in [0.4, 0.5) is 0 Å². The van der Waals surface area contributed by atoms with E-state index in [2.05, 4.69) is 15.5 Å². The van der Waals surface area contributed by atoms with Gasteiger partial charge in [0.25, 0.3) is 0 Å². The second kappa shape index (κ2) is 7.36. The van der Waals surface area contributed by atoms with Crippen LogP contribution >= 0.6 is 0 Å². The molecule has 2 N–H and O–H groups in total. The van der Waals surface area contributed by atoms with Crippen LogP contribution in [0.3, 0.4) is 0 Å². The number of rotatable bonds is 5. The molecule has 0 amide bonds. The minimum Gasteiger partial charge on any atom is -0.461 e. The van der Waals surface area contributed by atoms with E-state index >= 15 is 0 Å². The largest absolute Gasteiger partial charge is 0.461 e. The van der Waals surface area contributed by atoms with Gasteiger partial charge in [-0.05, 0) is 31.2 Å². The van der Waals surface area contributed by atoms with Crippen LogP contribution < -0.4 is 10.1 Å². The molecule has 0 saturated carbocycles. The van der Waals surface area contributed by atoms with E-state index in [-0.39, 0.29) is 17.9 Å². The summed E-state index contributed by atoms with van der Waals surface area (Å²) in [7, 11) is 0. The van der Waals surface area contributed by atoms with Crippen LogP contribution in [0.5, 0.6) is 5.75 Å². The average molecular weight is 336 g/mol. The molecule has 0 unspecified atom stereocenters. The number of nitriles is 1. The maximum atomic E-state index is 11.9. The van der Waals surface area contributed by atoms with Crippen molar-refractivity contribution in [2.45, 2.75) is 6.92 Å². The highest BCUT2D eigenvalue weighted by Crippen LogP contribution is 2.23. The molecule has 0 fully saturated rings. The Kier molecular flexibility index (Phi) is 4.81. The summed E-state index contributed by atoms with van der Waals surface area (Å²) in [6.45, 7) is 2.35. The molecule has 0 atom stereocenters. The molecule has 1 aromatic heterocycles. The molecule has 2 heterocycles. The highest BCUT2D eigenvalue weighted by molar-refractivity contribution is 5.92. The number of carbonyl (C=O) groups is 1. The summed E-state index contributed by atoms with van der Waals surface area (Å²) in [5.41, 5.74) is 1.43. The monoisotopic (exact) mass is 336 g/mol. The molecule has 0 bridgehead atoms. The third-order valence-corrected chi connectivity index (χ3v) is 3.52. The van der Waals surface area contributed by atoms with Crippen molar-refractivity contribution < 1.29 is 14.3 Å². The lowest BCUT2D eigenvalue weighted by Gasteiger charge is -2.16. The van der Waals surface area contributed by atoms with E-state index < -0.39 is 5.97 Å². The van der Waals surface area contributed by atoms with Gasteiger partial charge in [-0.1, -0.05) is 18.2 Å². The number of nitrogens with zero attached hydrogens (tertiary/aromatic N) is 2. The van der Waals surface area contributed by atoms with E-state index in [1.807, 2.05) is 36.4 Å². The first kappa shape index (κ1) is 16.3. The van der Waals surface area contributed by atoms with Crippen LogP contribution in [-0.4, -0.2) is 29.3 Å². The van der Waals surface area contributed by atoms with E-state index in [1.54, 1.807) is 19.1 Å². The number of para-hydroxylation sites is 1. The summed E-state index contributed by atoms with van der Waals surface area (Å²) >= 11 is 0. The third kappa shape index (κ3) is 3.53. The summed E-state index contributed by atoms with van der Waals surface area (Å²) in [6, 6.07) is 11.4. The summed E-state index contributed by atoms with van der Waals surface area (Å²) in [4.78, 5) is 11.9. The van der Waals surface area contributed by atoms with Crippen molar-refractivity contribution in [1.29, 1.82) is 5.26 Å². The van der Waals surface area contributed by atoms with Crippen molar-refractivity contribution in [3.05, 3.63) is 65.3 Å². The minimum absolute atomic E-state index is 0.0653. The Morgan fingerprint density at radius 1 is 1.32 bits per heavy atom. The Morgan fingerprint density at radius 3 is 2.76 bits per heavy atom. The van der Waals surface area contributed by atoms with Crippen LogP contribution in [-0.2, 0) is 4.74 Å². The fourth-order valence-electron chi connectivity index (χ4n) is 2.36. The minimum atomic E-state index is -0.592. The molecule has 126 valence electrons. The SMILES string of the molecule is CCOC(=O)c1[nH]nc(C2=CC=C(Oc3ccccc3)NC2)c1C#N. The zero-order valence-electron chi connectivity index (χ0n) is 13.6. The van der Waals surface area contributed by atoms with Crippen molar-refractivity contribution in [3.63, 3.8) is 0 Å². The number of aromatic amines is 1. The van der Waals surface area contributed by atoms with Gasteiger partial charge in [-0.15, -0.1) is 0 Å². The fourth-order valence-corrected chi connectivity index (χ4v) is 2.36. The van der Waals surface area contributed by atoms with Gasteiger partial charge in [0.05, 0.1) is 6.61 Å². The highest BCUT2D eigenvalue weighted by atomic mass is 16.5. The van der Waals surface area contributed by atoms with Gasteiger partial charge < -0.3 is 14.8 Å². The number of benzene rings is 1. The molecule has 7 nitrogen and oxygen atoms in total. The lowest BCUT2D eigenvalue weighted by Crippen LogP contribution is -2.23. The topological polar surface area (TPSA) is 100 Å². The van der Waals surface area contributed by atoms with E-state index in [1.165, 1.54) is 0 Å². The van der Waals surface area contributed by atoms with E-state index in [9.17, 15) is 10.1 Å². The van der Waals surface area contributed by atoms with Crippen LogP contribution in [0.25, 0.3) is 5.57 Å². The number of allylic oxidation sites excluding steroid dienone is 2. The van der Waals surface area contributed by atoms with Crippen LogP contribution in [0.15, 0.2) is 48.4 Å². The van der Waals surface area contributed by atoms with Gasteiger partial charge in [0, 0.05) is 12.1 Å². The molecule has 0 spiro atoms. The molecule has 0 aliphatic carbocycles. The number of hydrogen-bond acceptors (Lipinski definition) is 6. The van der Waals surface area contributed by atoms with Gasteiger partial charge in [-0.25, -0.2) is 4.79 Å². The second-order valence-corrected chi connectivity index (χ2v) is 5.15. The molecular weight excluding hydrogens is 320 g/mol. The molecule has 1 aromatic carbocycles. The van der Waals surface area contributed by atoms with Crippen molar-refractivity contribution in [2.24, 2.45) is 0 Å². The standard InChI is InChI=1S/C18H16N4O3/c1-2-24-18(23)17-14(10-19)16(21-22-17)12-8-9-15(20-11-12)25-13-6-4-3-5-7-13/h3-9,20H,2,11H2,1H3,(H,21,22). The van der Waals surface area contributed by atoms with Crippen molar-refractivity contribution in [1.82, 2.24) is 15.5 Å². The third-order valence-electron chi connectivity index (χ3n) is 3.52. The number of esters is 1. The molecule has 7 heteroatoms. The number of aromatic nitrogens is 2. The Balaban J connectivity index is 1.82. The first-order valence-electron chi connectivity index (χ1n) is 7.76. The predicted molar refractivity (Wildman–Crippen MR) is 90.4 cm³/mol. The van der Waals surface area contributed by atoms with Crippen molar-refractivity contribution in [3.8, 4) is 11.8 Å². The molecule has 25 heavy (non-hydrogen) atoms. The quantitative estimate of drug-likeness (QED) is 0.813. The van der Waals surface area contributed by atoms with E-state index in [0.717, 1.165) is 11.3 Å². The number of dihydropyridines is 1. The summed E-state index contributed by atoms with van der Waals surface area (Å²) in [6.07, 6.45) is 3.56. The molecule has 2 aromatic rings. The lowest BCUT2D eigenvalue weighted by atomic mass is 10.1. The van der Waals surface area contributed by atoms with E-state index in [4.69, 9.17) is 9.47 Å². The van der Waals surface area contributed by atoms with Crippen LogP contribution in [0, 0.1) is 11.3 Å². The Labute approximate surface area is 144 Å². The zero-order valence-corrected chi connectivity index (χ0v) is 13.6. The molecule has 1 aliphatic heterocycles. The highest BCUT2D eigenvalue weighted by Gasteiger charge is 2.23. The van der Waals surface area contributed by atoms with Gasteiger partial charge in [0.2, 0.25) is 0 Å². The fraction of sp³-hybridized carbons (Fsp3) is 0.167. The Morgan fingerprint density at radius 2 is 2.12 bits per heavy atom. The number of hydrogen-bond donors (Lipinski definition) is 2. The number of carbonyl (C=O) groups excluding carboxylic acids is 1. The van der Waals surface area contributed by atoms with Gasteiger partial charge in [-0.2, -0.15) is 10.4 Å². The van der Waals surface area contributed by atoms with Gasteiger partial charge in [-0.3, -0.25) is 5.10 Å². The normalized spacial score (nSPS) is 13.1. The molecule has 0 radical (unpaired) electrons. The zero-order chi connectivity index (χ0) is 17.6. The molecule has 1 aliphatic rings. The Bertz CT molecular complexity index is 875. The maximum absolute atomic E-state index is 11.9. The summed E-state index contributed by atoms with van der Waals surface area (Å²) in [5, 5.41) is 19.2. The maximum Gasteiger partial charge on any atom is 0.357 e. The molecule has 0 saturated heterocycles. The number of H-pyrrole nitrogens is 1. The number of nitrogens with one attached hydrogen (secondary N) is 2. The van der Waals surface area contributed by atoms with Crippen LogP contribution in [0.2, 0.25) is 0 Å². The van der Waals surface area contributed by atoms with Gasteiger partial charge in [0.15, 0.2) is 11.6 Å². The molecular formula is C18H16N4O3. The van der Waals surface area contributed by atoms with Gasteiger partial charge >= 0.3 is 5.97 Å². The smallest absolute Gasteiger partial charge is 0.357 e. The summed E-state index contributed by atoms with van der Waals surface area (Å²) in [5.74, 6) is 0.723. The molecule has 3 rings (SSSR count). The van der Waals surface area contributed by atoms with E-state index in [0.29, 0.717) is 18.1 Å². The van der Waals surface area contributed by atoms with Crippen molar-refractivity contribution >= 4 is 11.5 Å². The Hall–Kier alpha value is -3.53.